The van der Waals surface area contributed by atoms with Gasteiger partial charge in [0.1, 0.15) is 0 Å². The molecule has 0 spiro atoms. The number of ether oxygens (including phenoxy) is 3. The van der Waals surface area contributed by atoms with Crippen LogP contribution >= 0.6 is 0 Å². The number of carbonyl (C=O) groups is 2. The second-order valence-electron chi connectivity index (χ2n) is 8.36. The zero-order valence-electron chi connectivity index (χ0n) is 19.7. The van der Waals surface area contributed by atoms with E-state index < -0.39 is 5.97 Å². The lowest BCUT2D eigenvalue weighted by Gasteiger charge is -2.15. The maximum absolute atomic E-state index is 13.1. The molecule has 0 saturated carbocycles. The molecule has 7 heteroatoms. The van der Waals surface area contributed by atoms with E-state index in [0.717, 1.165) is 59.8 Å². The largest absolute Gasteiger partial charge is 0.493 e. The summed E-state index contributed by atoms with van der Waals surface area (Å²) in [6, 6.07) is 13.3. The van der Waals surface area contributed by atoms with Crippen LogP contribution in [0.15, 0.2) is 42.5 Å². The molecule has 7 nitrogen and oxygen atoms in total. The Labute approximate surface area is 199 Å². The number of fused-ring (bicyclic) bond motifs is 2. The van der Waals surface area contributed by atoms with Crippen LogP contribution in [0.2, 0.25) is 0 Å². The van der Waals surface area contributed by atoms with Gasteiger partial charge in [0.2, 0.25) is 0 Å². The number of aryl methyl sites for hydroxylation is 1. The first kappa shape index (κ1) is 23.5. The van der Waals surface area contributed by atoms with Crippen molar-refractivity contribution in [3.8, 4) is 11.5 Å². The molecule has 0 bridgehead atoms. The number of nitrogens with zero attached hydrogens (tertiary/aromatic N) is 1. The van der Waals surface area contributed by atoms with Crippen LogP contribution in [0, 0.1) is 0 Å². The van der Waals surface area contributed by atoms with Gasteiger partial charge in [0.05, 0.1) is 25.3 Å². The molecule has 3 aromatic rings. The highest BCUT2D eigenvalue weighted by Gasteiger charge is 2.23. The predicted molar refractivity (Wildman–Crippen MR) is 130 cm³/mol. The number of hydrogen-bond acceptors (Lipinski definition) is 6. The van der Waals surface area contributed by atoms with Crippen LogP contribution in [0.25, 0.3) is 10.9 Å². The van der Waals surface area contributed by atoms with E-state index in [9.17, 15) is 9.59 Å². The Hall–Kier alpha value is -3.61. The first-order valence-corrected chi connectivity index (χ1v) is 11.7. The highest BCUT2D eigenvalue weighted by atomic mass is 16.5. The van der Waals surface area contributed by atoms with Crippen molar-refractivity contribution in [2.24, 2.45) is 0 Å². The number of para-hydroxylation sites is 1. The van der Waals surface area contributed by atoms with Gasteiger partial charge in [-0.1, -0.05) is 30.7 Å². The SMILES string of the molecule is COc1ccc(CCNC(=O)COC(=O)c2c3c(nc4ccccc24)CCCCC3)cc1OC. The van der Waals surface area contributed by atoms with E-state index in [4.69, 9.17) is 19.2 Å². The molecule has 0 atom stereocenters. The van der Waals surface area contributed by atoms with Gasteiger partial charge in [0, 0.05) is 17.6 Å². The molecular formula is C27H30N2O5. The lowest BCUT2D eigenvalue weighted by molar-refractivity contribution is -0.124. The molecule has 0 saturated heterocycles. The molecule has 1 aliphatic rings. The van der Waals surface area contributed by atoms with Crippen LogP contribution in [0.3, 0.4) is 0 Å². The van der Waals surface area contributed by atoms with Crippen LogP contribution in [0.1, 0.15) is 46.4 Å². The summed E-state index contributed by atoms with van der Waals surface area (Å²) in [6.07, 6.45) is 5.47. The molecule has 1 aliphatic carbocycles. The normalized spacial score (nSPS) is 13.0. The first-order valence-electron chi connectivity index (χ1n) is 11.7. The number of rotatable bonds is 8. The Morgan fingerprint density at radius 1 is 0.971 bits per heavy atom. The van der Waals surface area contributed by atoms with Gasteiger partial charge in [-0.2, -0.15) is 0 Å². The topological polar surface area (TPSA) is 86.8 Å². The van der Waals surface area contributed by atoms with E-state index in [1.54, 1.807) is 14.2 Å². The van der Waals surface area contributed by atoms with Crippen LogP contribution in [0.4, 0.5) is 0 Å². The summed E-state index contributed by atoms with van der Waals surface area (Å²) < 4.78 is 16.0. The summed E-state index contributed by atoms with van der Waals surface area (Å²) in [5.41, 5.74) is 4.29. The lowest BCUT2D eigenvalue weighted by Crippen LogP contribution is -2.30. The van der Waals surface area contributed by atoms with Crippen LogP contribution in [0.5, 0.6) is 11.5 Å². The third kappa shape index (κ3) is 5.30. The predicted octanol–water partition coefficient (Wildman–Crippen LogP) is 4.04. The second-order valence-corrected chi connectivity index (χ2v) is 8.36. The fourth-order valence-corrected chi connectivity index (χ4v) is 4.42. The molecule has 1 N–H and O–H groups in total. The molecule has 4 rings (SSSR count). The van der Waals surface area contributed by atoms with Crippen molar-refractivity contribution in [3.05, 3.63) is 64.8 Å². The number of amides is 1. The van der Waals surface area contributed by atoms with Crippen LogP contribution < -0.4 is 14.8 Å². The Balaban J connectivity index is 1.38. The van der Waals surface area contributed by atoms with E-state index in [1.807, 2.05) is 42.5 Å². The van der Waals surface area contributed by atoms with Crippen molar-refractivity contribution in [1.29, 1.82) is 0 Å². The van der Waals surface area contributed by atoms with Gasteiger partial charge in [-0.15, -0.1) is 0 Å². The number of methoxy groups -OCH3 is 2. The monoisotopic (exact) mass is 462 g/mol. The highest BCUT2D eigenvalue weighted by molar-refractivity contribution is 6.05. The molecule has 1 heterocycles. The fraction of sp³-hybridized carbons (Fsp3) is 0.370. The molecule has 0 radical (unpaired) electrons. The summed E-state index contributed by atoms with van der Waals surface area (Å²) >= 11 is 0. The van der Waals surface area contributed by atoms with Crippen molar-refractivity contribution in [1.82, 2.24) is 10.3 Å². The number of benzene rings is 2. The van der Waals surface area contributed by atoms with Crippen molar-refractivity contribution in [2.75, 3.05) is 27.4 Å². The minimum Gasteiger partial charge on any atom is -0.493 e. The van der Waals surface area contributed by atoms with Gasteiger partial charge in [0.15, 0.2) is 18.1 Å². The number of pyridine rings is 1. The molecule has 0 fully saturated rings. The Morgan fingerprint density at radius 3 is 2.59 bits per heavy atom. The number of nitrogens with one attached hydrogen (secondary N) is 1. The third-order valence-corrected chi connectivity index (χ3v) is 6.14. The van der Waals surface area contributed by atoms with E-state index in [-0.39, 0.29) is 12.5 Å². The summed E-state index contributed by atoms with van der Waals surface area (Å²) in [7, 11) is 3.17. The van der Waals surface area contributed by atoms with Gasteiger partial charge in [-0.3, -0.25) is 9.78 Å². The smallest absolute Gasteiger partial charge is 0.339 e. The molecule has 0 unspecified atom stereocenters. The summed E-state index contributed by atoms with van der Waals surface area (Å²) in [5, 5.41) is 3.59. The average Bonchev–Trinajstić information content (AvgIpc) is 3.10. The fourth-order valence-electron chi connectivity index (χ4n) is 4.42. The Morgan fingerprint density at radius 2 is 1.76 bits per heavy atom. The van der Waals surface area contributed by atoms with Gasteiger partial charge in [-0.05, 0) is 61.4 Å². The highest BCUT2D eigenvalue weighted by Crippen LogP contribution is 2.29. The Bertz CT molecular complexity index is 1190. The van der Waals surface area contributed by atoms with Gasteiger partial charge in [0.25, 0.3) is 5.91 Å². The maximum atomic E-state index is 13.1. The van der Waals surface area contributed by atoms with E-state index in [2.05, 4.69) is 5.32 Å². The molecular weight excluding hydrogens is 432 g/mol. The molecule has 178 valence electrons. The lowest BCUT2D eigenvalue weighted by atomic mass is 9.97. The second kappa shape index (κ2) is 11.0. The Kier molecular flexibility index (Phi) is 7.62. The molecule has 1 aromatic heterocycles. The standard InChI is InChI=1S/C27H30N2O5/c1-32-23-13-12-18(16-24(23)33-2)14-15-28-25(30)17-34-27(31)26-19-8-4-3-5-10-21(19)29-22-11-7-6-9-20(22)26/h6-7,9,11-13,16H,3-5,8,10,14-15,17H2,1-2H3,(H,28,30). The number of aromatic nitrogens is 1. The van der Waals surface area contributed by atoms with E-state index >= 15 is 0 Å². The van der Waals surface area contributed by atoms with Crippen molar-refractivity contribution in [3.63, 3.8) is 0 Å². The average molecular weight is 463 g/mol. The third-order valence-electron chi connectivity index (χ3n) is 6.14. The maximum Gasteiger partial charge on any atom is 0.339 e. The van der Waals surface area contributed by atoms with Crippen molar-refractivity contribution >= 4 is 22.8 Å². The van der Waals surface area contributed by atoms with E-state index in [0.29, 0.717) is 30.0 Å². The summed E-state index contributed by atoms with van der Waals surface area (Å²) in [5.74, 6) is 0.498. The van der Waals surface area contributed by atoms with Gasteiger partial charge < -0.3 is 19.5 Å². The molecule has 2 aromatic carbocycles. The van der Waals surface area contributed by atoms with Crippen molar-refractivity contribution in [2.45, 2.75) is 38.5 Å². The number of carbonyl (C=O) groups excluding carboxylic acids is 2. The van der Waals surface area contributed by atoms with Gasteiger partial charge >= 0.3 is 5.97 Å². The molecule has 34 heavy (non-hydrogen) atoms. The summed E-state index contributed by atoms with van der Waals surface area (Å²) in [4.78, 5) is 30.3. The molecule has 1 amide bonds. The molecule has 0 aliphatic heterocycles. The number of esters is 1. The number of hydrogen-bond donors (Lipinski definition) is 1. The first-order chi connectivity index (χ1) is 16.6. The zero-order chi connectivity index (χ0) is 23.9. The van der Waals surface area contributed by atoms with E-state index in [1.165, 1.54) is 0 Å². The zero-order valence-corrected chi connectivity index (χ0v) is 19.7. The van der Waals surface area contributed by atoms with Crippen LogP contribution in [-0.4, -0.2) is 44.2 Å². The minimum absolute atomic E-state index is 0.323. The quantitative estimate of drug-likeness (QED) is 0.402. The van der Waals surface area contributed by atoms with Crippen molar-refractivity contribution < 1.29 is 23.8 Å². The van der Waals surface area contributed by atoms with Gasteiger partial charge in [-0.25, -0.2) is 4.79 Å². The minimum atomic E-state index is -0.466. The summed E-state index contributed by atoms with van der Waals surface area (Å²) in [6.45, 7) is 0.0929. The van der Waals surface area contributed by atoms with Crippen LogP contribution in [-0.2, 0) is 28.8 Å².